The molecule has 2 aromatic heterocycles. The fourth-order valence-corrected chi connectivity index (χ4v) is 2.22. The fourth-order valence-electron chi connectivity index (χ4n) is 2.22. The van der Waals surface area contributed by atoms with Gasteiger partial charge in [0, 0.05) is 17.1 Å². The van der Waals surface area contributed by atoms with E-state index in [1.165, 1.54) is 18.3 Å². The first-order chi connectivity index (χ1) is 10.0. The van der Waals surface area contributed by atoms with Crippen molar-refractivity contribution < 1.29 is 14.3 Å². The number of fused-ring (bicyclic) bond motifs is 1. The van der Waals surface area contributed by atoms with Gasteiger partial charge in [-0.1, -0.05) is 11.6 Å². The van der Waals surface area contributed by atoms with E-state index in [2.05, 4.69) is 9.97 Å². The molecule has 0 bridgehead atoms. The average Bonchev–Trinajstić information content (AvgIpc) is 2.46. The summed E-state index contributed by atoms with van der Waals surface area (Å²) in [5, 5.41) is 9.95. The van der Waals surface area contributed by atoms with Crippen LogP contribution in [0.15, 0.2) is 42.7 Å². The van der Waals surface area contributed by atoms with Crippen molar-refractivity contribution in [2.45, 2.75) is 6.92 Å². The van der Waals surface area contributed by atoms with Crippen LogP contribution in [0.1, 0.15) is 15.9 Å². The van der Waals surface area contributed by atoms with Gasteiger partial charge in [0.05, 0.1) is 23.0 Å². The first-order valence-corrected chi connectivity index (χ1v) is 6.30. The van der Waals surface area contributed by atoms with E-state index in [0.717, 1.165) is 11.8 Å². The zero-order valence-corrected chi connectivity index (χ0v) is 11.2. The molecule has 1 N–H and O–H groups in total. The first kappa shape index (κ1) is 13.2. The van der Waals surface area contributed by atoms with Gasteiger partial charge in [-0.25, -0.2) is 14.2 Å². The summed E-state index contributed by atoms with van der Waals surface area (Å²) in [6.07, 6.45) is 2.54. The van der Waals surface area contributed by atoms with Gasteiger partial charge < -0.3 is 5.11 Å². The Morgan fingerprint density at radius 2 is 2.00 bits per heavy atom. The minimum absolute atomic E-state index is 0.142. The summed E-state index contributed by atoms with van der Waals surface area (Å²) in [6.45, 7) is 1.88. The third kappa shape index (κ3) is 2.45. The predicted octanol–water partition coefficient (Wildman–Crippen LogP) is 3.44. The summed E-state index contributed by atoms with van der Waals surface area (Å²) in [5.74, 6) is -1.53. The Hall–Kier alpha value is -2.82. The molecule has 2 heterocycles. The maximum Gasteiger partial charge on any atom is 0.336 e. The topological polar surface area (TPSA) is 63.1 Å². The molecule has 5 heteroatoms. The minimum atomic E-state index is -1.04. The lowest BCUT2D eigenvalue weighted by atomic mass is 10.0. The molecule has 0 amide bonds. The van der Waals surface area contributed by atoms with Gasteiger partial charge in [0.2, 0.25) is 0 Å². The van der Waals surface area contributed by atoms with E-state index in [1.54, 1.807) is 12.1 Å². The molecule has 0 saturated carbocycles. The van der Waals surface area contributed by atoms with Crippen LogP contribution in [-0.2, 0) is 0 Å². The second-order valence-electron chi connectivity index (χ2n) is 4.77. The van der Waals surface area contributed by atoms with Crippen LogP contribution < -0.4 is 0 Å². The molecular formula is C16H11FN2O2. The van der Waals surface area contributed by atoms with Crippen molar-refractivity contribution in [1.82, 2.24) is 9.97 Å². The van der Waals surface area contributed by atoms with E-state index in [1.807, 2.05) is 13.0 Å². The van der Waals surface area contributed by atoms with Crippen molar-refractivity contribution in [2.75, 3.05) is 0 Å². The molecule has 3 aromatic rings. The number of carboxylic acid groups (broad SMARTS) is 1. The van der Waals surface area contributed by atoms with Crippen molar-refractivity contribution in [3.05, 3.63) is 59.7 Å². The van der Waals surface area contributed by atoms with E-state index in [-0.39, 0.29) is 5.56 Å². The van der Waals surface area contributed by atoms with E-state index >= 15 is 0 Å². The van der Waals surface area contributed by atoms with Crippen LogP contribution in [0, 0.1) is 12.7 Å². The van der Waals surface area contributed by atoms with Gasteiger partial charge in [-0.2, -0.15) is 0 Å². The zero-order chi connectivity index (χ0) is 15.0. The number of nitrogens with zero attached hydrogens (tertiary/aromatic N) is 2. The molecule has 0 aliphatic carbocycles. The summed E-state index contributed by atoms with van der Waals surface area (Å²) in [4.78, 5) is 19.6. The number of hydrogen-bond donors (Lipinski definition) is 1. The Balaban J connectivity index is 2.31. The number of rotatable bonds is 2. The smallest absolute Gasteiger partial charge is 0.336 e. The molecule has 4 nitrogen and oxygen atoms in total. The van der Waals surface area contributed by atoms with Gasteiger partial charge in [-0.3, -0.25) is 4.98 Å². The third-order valence-corrected chi connectivity index (χ3v) is 3.20. The molecule has 0 saturated heterocycles. The SMILES string of the molecule is Cc1ccc2nc(-c3cncc(F)c3)cc(C(=O)O)c2c1. The number of benzene rings is 1. The Kier molecular flexibility index (Phi) is 3.10. The number of aryl methyl sites for hydroxylation is 1. The van der Waals surface area contributed by atoms with Crippen molar-refractivity contribution in [1.29, 1.82) is 0 Å². The molecule has 0 atom stereocenters. The fraction of sp³-hybridized carbons (Fsp3) is 0.0625. The van der Waals surface area contributed by atoms with Gasteiger partial charge >= 0.3 is 5.97 Å². The molecule has 104 valence electrons. The van der Waals surface area contributed by atoms with E-state index in [0.29, 0.717) is 22.2 Å². The minimum Gasteiger partial charge on any atom is -0.478 e. The first-order valence-electron chi connectivity index (χ1n) is 6.30. The van der Waals surface area contributed by atoms with E-state index in [9.17, 15) is 14.3 Å². The Morgan fingerprint density at radius 1 is 1.19 bits per heavy atom. The highest BCUT2D eigenvalue weighted by atomic mass is 19.1. The number of hydrogen-bond acceptors (Lipinski definition) is 3. The maximum absolute atomic E-state index is 13.3. The Labute approximate surface area is 119 Å². The van der Waals surface area contributed by atoms with Crippen molar-refractivity contribution in [3.63, 3.8) is 0 Å². The monoisotopic (exact) mass is 282 g/mol. The lowest BCUT2D eigenvalue weighted by Crippen LogP contribution is -2.01. The van der Waals surface area contributed by atoms with Crippen LogP contribution >= 0.6 is 0 Å². The van der Waals surface area contributed by atoms with Crippen molar-refractivity contribution >= 4 is 16.9 Å². The molecular weight excluding hydrogens is 271 g/mol. The molecule has 0 radical (unpaired) electrons. The van der Waals surface area contributed by atoms with Crippen molar-refractivity contribution in [3.8, 4) is 11.3 Å². The van der Waals surface area contributed by atoms with Crippen LogP contribution in [0.5, 0.6) is 0 Å². The maximum atomic E-state index is 13.3. The van der Waals surface area contributed by atoms with Gasteiger partial charge in [0.1, 0.15) is 5.82 Å². The Bertz CT molecular complexity index is 862. The normalized spacial score (nSPS) is 10.8. The largest absolute Gasteiger partial charge is 0.478 e. The molecule has 21 heavy (non-hydrogen) atoms. The lowest BCUT2D eigenvalue weighted by molar-refractivity contribution is 0.0699. The standard InChI is InChI=1S/C16H11FN2O2/c1-9-2-3-14-12(4-9)13(16(20)21)6-15(19-14)10-5-11(17)8-18-7-10/h2-8H,1H3,(H,20,21). The second kappa shape index (κ2) is 4.94. The summed E-state index contributed by atoms with van der Waals surface area (Å²) in [7, 11) is 0. The Morgan fingerprint density at radius 3 is 2.71 bits per heavy atom. The predicted molar refractivity (Wildman–Crippen MR) is 76.6 cm³/mol. The molecule has 0 aliphatic heterocycles. The second-order valence-corrected chi connectivity index (χ2v) is 4.77. The number of carbonyl (C=O) groups is 1. The lowest BCUT2D eigenvalue weighted by Gasteiger charge is -2.07. The average molecular weight is 282 g/mol. The highest BCUT2D eigenvalue weighted by Gasteiger charge is 2.13. The summed E-state index contributed by atoms with van der Waals surface area (Å²) < 4.78 is 13.3. The van der Waals surface area contributed by atoms with Gasteiger partial charge in [-0.05, 0) is 31.2 Å². The summed E-state index contributed by atoms with van der Waals surface area (Å²) >= 11 is 0. The van der Waals surface area contributed by atoms with E-state index in [4.69, 9.17) is 0 Å². The molecule has 0 spiro atoms. The summed E-state index contributed by atoms with van der Waals surface area (Å²) in [6, 6.07) is 8.11. The van der Waals surface area contributed by atoms with Crippen LogP contribution in [0.25, 0.3) is 22.2 Å². The van der Waals surface area contributed by atoms with Crippen LogP contribution in [-0.4, -0.2) is 21.0 Å². The van der Waals surface area contributed by atoms with Gasteiger partial charge in [0.25, 0.3) is 0 Å². The molecule has 1 aromatic carbocycles. The van der Waals surface area contributed by atoms with Crippen molar-refractivity contribution in [2.24, 2.45) is 0 Å². The van der Waals surface area contributed by atoms with Crippen LogP contribution in [0.2, 0.25) is 0 Å². The molecule has 3 rings (SSSR count). The van der Waals surface area contributed by atoms with Gasteiger partial charge in [-0.15, -0.1) is 0 Å². The molecule has 0 unspecified atom stereocenters. The number of pyridine rings is 2. The zero-order valence-electron chi connectivity index (χ0n) is 11.2. The van der Waals surface area contributed by atoms with Crippen LogP contribution in [0.3, 0.4) is 0 Å². The van der Waals surface area contributed by atoms with E-state index < -0.39 is 11.8 Å². The number of carboxylic acids is 1. The molecule has 0 aliphatic rings. The number of aromatic nitrogens is 2. The summed E-state index contributed by atoms with van der Waals surface area (Å²) in [5.41, 5.74) is 2.48. The van der Waals surface area contributed by atoms with Crippen LogP contribution in [0.4, 0.5) is 4.39 Å². The quantitative estimate of drug-likeness (QED) is 0.782. The molecule has 0 fully saturated rings. The van der Waals surface area contributed by atoms with Gasteiger partial charge in [0.15, 0.2) is 0 Å². The number of aromatic carboxylic acids is 1. The highest BCUT2D eigenvalue weighted by Crippen LogP contribution is 2.25. The number of halogens is 1. The third-order valence-electron chi connectivity index (χ3n) is 3.20. The highest BCUT2D eigenvalue weighted by molar-refractivity contribution is 6.03.